The van der Waals surface area contributed by atoms with Crippen LogP contribution in [0.4, 0.5) is 22.0 Å². The quantitative estimate of drug-likeness (QED) is 0.304. The summed E-state index contributed by atoms with van der Waals surface area (Å²) in [6.07, 6.45) is -4.19. The van der Waals surface area contributed by atoms with Gasteiger partial charge in [0.15, 0.2) is 0 Å². The van der Waals surface area contributed by atoms with Gasteiger partial charge in [-0.05, 0) is 39.5 Å². The van der Waals surface area contributed by atoms with Crippen LogP contribution in [-0.2, 0) is 9.53 Å². The Bertz CT molecular complexity index is 514. The van der Waals surface area contributed by atoms with Crippen LogP contribution in [0.5, 0.6) is 0 Å². The zero-order chi connectivity index (χ0) is 20.7. The summed E-state index contributed by atoms with van der Waals surface area (Å²) in [6, 6.07) is 0. The van der Waals surface area contributed by atoms with E-state index in [2.05, 4.69) is 6.58 Å². The smallest absolute Gasteiger partial charge is 0.399 e. The highest BCUT2D eigenvalue weighted by atomic mass is 19.4. The van der Waals surface area contributed by atoms with Gasteiger partial charge in [0, 0.05) is 11.5 Å². The Kier molecular flexibility index (Phi) is 6.24. The molecule has 2 nitrogen and oxygen atoms in total. The van der Waals surface area contributed by atoms with Crippen molar-refractivity contribution in [3.8, 4) is 0 Å². The molecular formula is C18H29F5O2. The highest BCUT2D eigenvalue weighted by Gasteiger charge is 2.71. The highest BCUT2D eigenvalue weighted by molar-refractivity contribution is 5.81. The molecule has 0 saturated carbocycles. The van der Waals surface area contributed by atoms with Gasteiger partial charge < -0.3 is 4.74 Å². The molecule has 0 aliphatic rings. The average molecular weight is 372 g/mol. The predicted octanol–water partition coefficient (Wildman–Crippen LogP) is 6.16. The average Bonchev–Trinajstić information content (AvgIpc) is 2.34. The minimum absolute atomic E-state index is 0.0594. The van der Waals surface area contributed by atoms with Crippen molar-refractivity contribution < 1.29 is 31.5 Å². The van der Waals surface area contributed by atoms with E-state index < -0.39 is 39.9 Å². The molecule has 0 aliphatic heterocycles. The van der Waals surface area contributed by atoms with Gasteiger partial charge in [-0.25, -0.2) is 13.6 Å². The Morgan fingerprint density at radius 2 is 1.28 bits per heavy atom. The van der Waals surface area contributed by atoms with Crippen molar-refractivity contribution >= 4 is 5.97 Å². The van der Waals surface area contributed by atoms with Crippen molar-refractivity contribution in [1.82, 2.24) is 0 Å². The fraction of sp³-hybridized carbons (Fsp3) is 0.833. The monoisotopic (exact) mass is 372 g/mol. The number of carbonyl (C=O) groups excluding carboxylic acids is 1. The van der Waals surface area contributed by atoms with E-state index in [1.54, 1.807) is 0 Å². The van der Waals surface area contributed by atoms with Crippen LogP contribution in [0.1, 0.15) is 61.8 Å². The molecule has 0 radical (unpaired) electrons. The highest BCUT2D eigenvalue weighted by Crippen LogP contribution is 2.62. The van der Waals surface area contributed by atoms with Crippen LogP contribution < -0.4 is 0 Å². The van der Waals surface area contributed by atoms with Crippen LogP contribution in [0.3, 0.4) is 0 Å². The summed E-state index contributed by atoms with van der Waals surface area (Å²) in [5, 5.41) is 0. The molecule has 25 heavy (non-hydrogen) atoms. The molecule has 0 bridgehead atoms. The predicted molar refractivity (Wildman–Crippen MR) is 87.3 cm³/mol. The van der Waals surface area contributed by atoms with Crippen molar-refractivity contribution in [1.29, 1.82) is 0 Å². The van der Waals surface area contributed by atoms with E-state index in [0.717, 1.165) is 19.9 Å². The fourth-order valence-electron chi connectivity index (χ4n) is 3.02. The van der Waals surface area contributed by atoms with Gasteiger partial charge in [0.2, 0.25) is 0 Å². The SMILES string of the molecule is C=CC(=O)OC(C)(C)CC(C)(C)C(C)(C)C(F)(F)C(C)(C)C(F)(F)F. The first-order chi connectivity index (χ1) is 10.7. The molecule has 0 rings (SSSR count). The zero-order valence-corrected chi connectivity index (χ0v) is 16.2. The lowest BCUT2D eigenvalue weighted by Gasteiger charge is -2.53. The first-order valence-electron chi connectivity index (χ1n) is 7.96. The maximum absolute atomic E-state index is 15.0. The van der Waals surface area contributed by atoms with E-state index in [9.17, 15) is 18.0 Å². The van der Waals surface area contributed by atoms with Crippen molar-refractivity contribution in [2.24, 2.45) is 16.2 Å². The van der Waals surface area contributed by atoms with Crippen LogP contribution in [0.25, 0.3) is 0 Å². The maximum atomic E-state index is 15.0. The van der Waals surface area contributed by atoms with Crippen LogP contribution in [0.2, 0.25) is 0 Å². The number of hydrogen-bond acceptors (Lipinski definition) is 2. The Hall–Kier alpha value is -1.14. The Labute approximate surface area is 146 Å². The summed E-state index contributed by atoms with van der Waals surface area (Å²) in [5.41, 5.74) is -7.70. The third-order valence-corrected chi connectivity index (χ3v) is 5.38. The number of carbonyl (C=O) groups is 1. The van der Waals surface area contributed by atoms with E-state index in [4.69, 9.17) is 4.74 Å². The Morgan fingerprint density at radius 3 is 1.60 bits per heavy atom. The zero-order valence-electron chi connectivity index (χ0n) is 16.2. The minimum Gasteiger partial charge on any atom is -0.457 e. The standard InChI is InChI=1S/C18H29F5O2/c1-10-12(24)25-14(4,5)11-13(2,3)15(6,7)17(19,20)16(8,9)18(21,22)23/h10H,1,11H2,2-9H3. The van der Waals surface area contributed by atoms with E-state index >= 15 is 8.78 Å². The molecular weight excluding hydrogens is 343 g/mol. The van der Waals surface area contributed by atoms with Gasteiger partial charge in [-0.1, -0.05) is 34.3 Å². The third kappa shape index (κ3) is 4.34. The Balaban J connectivity index is 5.89. The minimum atomic E-state index is -5.07. The van der Waals surface area contributed by atoms with Crippen molar-refractivity contribution in [2.45, 2.75) is 79.5 Å². The summed E-state index contributed by atoms with van der Waals surface area (Å²) in [4.78, 5) is 11.4. The van der Waals surface area contributed by atoms with Gasteiger partial charge in [0.1, 0.15) is 11.0 Å². The van der Waals surface area contributed by atoms with Gasteiger partial charge >= 0.3 is 12.1 Å². The second kappa shape index (κ2) is 6.54. The summed E-state index contributed by atoms with van der Waals surface area (Å²) in [6.45, 7) is 12.5. The van der Waals surface area contributed by atoms with Crippen molar-refractivity contribution in [2.75, 3.05) is 0 Å². The first kappa shape index (κ1) is 23.9. The molecule has 0 atom stereocenters. The number of ether oxygens (including phenoxy) is 1. The summed E-state index contributed by atoms with van der Waals surface area (Å²) in [7, 11) is 0. The maximum Gasteiger partial charge on any atom is 0.399 e. The van der Waals surface area contributed by atoms with Crippen LogP contribution in [0, 0.1) is 16.2 Å². The van der Waals surface area contributed by atoms with Gasteiger partial charge in [-0.3, -0.25) is 0 Å². The van der Waals surface area contributed by atoms with Crippen LogP contribution in [-0.4, -0.2) is 23.7 Å². The second-order valence-electron chi connectivity index (χ2n) is 8.77. The molecule has 0 heterocycles. The molecule has 0 amide bonds. The molecule has 0 N–H and O–H groups in total. The number of rotatable bonds is 7. The van der Waals surface area contributed by atoms with E-state index in [1.165, 1.54) is 27.7 Å². The molecule has 0 spiro atoms. The third-order valence-electron chi connectivity index (χ3n) is 5.38. The van der Waals surface area contributed by atoms with E-state index in [1.807, 2.05) is 0 Å². The molecule has 0 fully saturated rings. The number of hydrogen-bond donors (Lipinski definition) is 0. The second-order valence-corrected chi connectivity index (χ2v) is 8.77. The molecule has 0 aromatic carbocycles. The van der Waals surface area contributed by atoms with Crippen LogP contribution >= 0.6 is 0 Å². The van der Waals surface area contributed by atoms with Gasteiger partial charge in [0.25, 0.3) is 5.92 Å². The number of alkyl halides is 5. The van der Waals surface area contributed by atoms with Gasteiger partial charge in [0.05, 0.1) is 0 Å². The largest absolute Gasteiger partial charge is 0.457 e. The molecule has 0 saturated heterocycles. The Morgan fingerprint density at radius 1 is 0.880 bits per heavy atom. The van der Waals surface area contributed by atoms with E-state index in [0.29, 0.717) is 13.8 Å². The molecule has 0 unspecified atom stereocenters. The molecule has 7 heteroatoms. The molecule has 0 aromatic rings. The lowest BCUT2D eigenvalue weighted by atomic mass is 9.56. The van der Waals surface area contributed by atoms with Gasteiger partial charge in [-0.15, -0.1) is 0 Å². The summed E-state index contributed by atoms with van der Waals surface area (Å²) in [5.74, 6) is -4.79. The van der Waals surface area contributed by atoms with Crippen molar-refractivity contribution in [3.63, 3.8) is 0 Å². The van der Waals surface area contributed by atoms with E-state index in [-0.39, 0.29) is 6.42 Å². The normalized spacial score (nSPS) is 15.1. The molecule has 148 valence electrons. The van der Waals surface area contributed by atoms with Crippen molar-refractivity contribution in [3.05, 3.63) is 12.7 Å². The summed E-state index contributed by atoms with van der Waals surface area (Å²) < 4.78 is 74.9. The summed E-state index contributed by atoms with van der Waals surface area (Å²) >= 11 is 0. The lowest BCUT2D eigenvalue weighted by Crippen LogP contribution is -2.60. The molecule has 0 aromatic heterocycles. The van der Waals surface area contributed by atoms with Crippen LogP contribution in [0.15, 0.2) is 12.7 Å². The topological polar surface area (TPSA) is 26.3 Å². The fourth-order valence-corrected chi connectivity index (χ4v) is 3.02. The number of esters is 1. The molecule has 0 aliphatic carbocycles. The van der Waals surface area contributed by atoms with Gasteiger partial charge in [-0.2, -0.15) is 13.2 Å². The lowest BCUT2D eigenvalue weighted by molar-refractivity contribution is -0.328. The number of halogens is 5. The first-order valence-corrected chi connectivity index (χ1v) is 7.96.